The molecule has 0 aliphatic carbocycles. The third-order valence-corrected chi connectivity index (χ3v) is 5.87. The van der Waals surface area contributed by atoms with Crippen molar-refractivity contribution in [2.75, 3.05) is 0 Å². The molecule has 3 aromatic carbocycles. The van der Waals surface area contributed by atoms with E-state index in [2.05, 4.69) is 118 Å². The summed E-state index contributed by atoms with van der Waals surface area (Å²) < 4.78 is 4.31. The van der Waals surface area contributed by atoms with Gasteiger partial charge in [0.15, 0.2) is 11.0 Å². The Morgan fingerprint density at radius 2 is 1.42 bits per heavy atom. The summed E-state index contributed by atoms with van der Waals surface area (Å²) in [5, 5.41) is 9.82. The van der Waals surface area contributed by atoms with Crippen LogP contribution in [0, 0.1) is 11.3 Å². The first-order chi connectivity index (χ1) is 14.6. The fourth-order valence-corrected chi connectivity index (χ4v) is 3.95. The lowest BCUT2D eigenvalue weighted by Gasteiger charge is -2.19. The zero-order valence-electron chi connectivity index (χ0n) is 19.3. The Kier molecular flexibility index (Phi) is 4.98. The quantitative estimate of drug-likeness (QED) is 0.355. The Balaban J connectivity index is 1.96. The van der Waals surface area contributed by atoms with Crippen molar-refractivity contribution < 1.29 is 4.57 Å². The van der Waals surface area contributed by atoms with Gasteiger partial charge in [0.25, 0.3) is 6.33 Å². The maximum absolute atomic E-state index is 9.82. The summed E-state index contributed by atoms with van der Waals surface area (Å²) in [6.45, 7) is 13.3. The van der Waals surface area contributed by atoms with Crippen LogP contribution in [0.1, 0.15) is 58.2 Å². The summed E-state index contributed by atoms with van der Waals surface area (Å²) in [4.78, 5) is 0. The van der Waals surface area contributed by atoms with Crippen molar-refractivity contribution in [1.82, 2.24) is 4.57 Å². The lowest BCUT2D eigenvalue weighted by molar-refractivity contribution is -0.567. The largest absolute Gasteiger partial charge is 0.255 e. The van der Waals surface area contributed by atoms with Crippen molar-refractivity contribution in [3.8, 4) is 17.4 Å². The van der Waals surface area contributed by atoms with Crippen molar-refractivity contribution in [2.24, 2.45) is 0 Å². The molecule has 3 heteroatoms. The van der Waals surface area contributed by atoms with Crippen LogP contribution in [0.4, 0.5) is 0 Å². The van der Waals surface area contributed by atoms with Gasteiger partial charge in [0.1, 0.15) is 23.0 Å². The Morgan fingerprint density at radius 1 is 0.774 bits per heavy atom. The molecule has 156 valence electrons. The fourth-order valence-electron chi connectivity index (χ4n) is 3.95. The molecule has 0 saturated heterocycles. The van der Waals surface area contributed by atoms with Crippen molar-refractivity contribution in [1.29, 1.82) is 5.26 Å². The number of para-hydroxylation sites is 1. The van der Waals surface area contributed by atoms with E-state index in [1.807, 2.05) is 12.1 Å². The Hall–Kier alpha value is -3.38. The molecule has 0 unspecified atom stereocenters. The van der Waals surface area contributed by atoms with E-state index < -0.39 is 0 Å². The first-order valence-electron chi connectivity index (χ1n) is 10.8. The Labute approximate surface area is 185 Å². The minimum atomic E-state index is 0.0650. The van der Waals surface area contributed by atoms with Gasteiger partial charge in [0, 0.05) is 0 Å². The first kappa shape index (κ1) is 20.9. The smallest absolute Gasteiger partial charge is 0.195 e. The number of nitriles is 1. The SMILES string of the molecule is CC(C)(C)c1ccc(-[n+]2cn(-c3cccc(C(C)(C)C)c3)c3cccc(C#N)c32)cc1. The topological polar surface area (TPSA) is 32.6 Å². The molecule has 0 saturated carbocycles. The monoisotopic (exact) mass is 408 g/mol. The molecule has 0 radical (unpaired) electrons. The molecule has 0 spiro atoms. The number of fused-ring (bicyclic) bond motifs is 1. The fraction of sp³-hybridized carbons (Fsp3) is 0.286. The van der Waals surface area contributed by atoms with Crippen molar-refractivity contribution >= 4 is 11.0 Å². The Bertz CT molecular complexity index is 1290. The lowest BCUT2D eigenvalue weighted by Crippen LogP contribution is -2.29. The van der Waals surface area contributed by atoms with Gasteiger partial charge in [-0.25, -0.2) is 0 Å². The average Bonchev–Trinajstić information content (AvgIpc) is 3.12. The molecule has 0 bridgehead atoms. The standard InChI is InChI=1S/C28H30N3/c1-27(2,3)21-13-15-23(16-14-21)31-19-30(25-12-7-9-20(18-29)26(25)31)24-11-8-10-22(17-24)28(4,5)6/h7-17,19H,1-6H3/q+1. The molecule has 31 heavy (non-hydrogen) atoms. The molecule has 0 fully saturated rings. The van der Waals surface area contributed by atoms with Crippen LogP contribution in [0.5, 0.6) is 0 Å². The highest BCUT2D eigenvalue weighted by Gasteiger charge is 2.24. The molecule has 1 aromatic heterocycles. The summed E-state index contributed by atoms with van der Waals surface area (Å²) in [5.74, 6) is 0. The van der Waals surface area contributed by atoms with Crippen LogP contribution in [-0.4, -0.2) is 4.57 Å². The number of nitrogens with zero attached hydrogens (tertiary/aromatic N) is 3. The van der Waals surface area contributed by atoms with Crippen LogP contribution < -0.4 is 4.57 Å². The van der Waals surface area contributed by atoms with E-state index >= 15 is 0 Å². The number of hydrogen-bond acceptors (Lipinski definition) is 1. The van der Waals surface area contributed by atoms with Crippen molar-refractivity contribution in [2.45, 2.75) is 52.4 Å². The van der Waals surface area contributed by atoms with Crippen LogP contribution in [0.3, 0.4) is 0 Å². The zero-order chi connectivity index (χ0) is 22.4. The maximum Gasteiger partial charge on any atom is 0.255 e. The van der Waals surface area contributed by atoms with E-state index in [1.54, 1.807) is 0 Å². The lowest BCUT2D eigenvalue weighted by atomic mass is 9.87. The third-order valence-electron chi connectivity index (χ3n) is 5.87. The molecular formula is C28H30N3+. The summed E-state index contributed by atoms with van der Waals surface area (Å²) in [5.41, 5.74) is 7.49. The maximum atomic E-state index is 9.82. The highest BCUT2D eigenvalue weighted by molar-refractivity contribution is 5.80. The van der Waals surface area contributed by atoms with Gasteiger partial charge in [-0.3, -0.25) is 0 Å². The van der Waals surface area contributed by atoms with E-state index in [1.165, 1.54) is 11.1 Å². The number of aromatic nitrogens is 2. The highest BCUT2D eigenvalue weighted by atomic mass is 15.1. The van der Waals surface area contributed by atoms with Crippen molar-refractivity contribution in [3.05, 3.63) is 89.7 Å². The van der Waals surface area contributed by atoms with E-state index in [-0.39, 0.29) is 10.8 Å². The zero-order valence-corrected chi connectivity index (χ0v) is 19.3. The summed E-state index contributed by atoms with van der Waals surface area (Å²) in [7, 11) is 0. The predicted molar refractivity (Wildman–Crippen MR) is 127 cm³/mol. The van der Waals surface area contributed by atoms with Gasteiger partial charge < -0.3 is 0 Å². The predicted octanol–water partition coefficient (Wildman–Crippen LogP) is 6.37. The van der Waals surface area contributed by atoms with Crippen LogP contribution >= 0.6 is 0 Å². The minimum Gasteiger partial charge on any atom is -0.195 e. The summed E-state index contributed by atoms with van der Waals surface area (Å²) in [6, 6.07) is 25.6. The second-order valence-electron chi connectivity index (χ2n) is 10.2. The minimum absolute atomic E-state index is 0.0650. The molecule has 4 rings (SSSR count). The van der Waals surface area contributed by atoms with Gasteiger partial charge in [-0.15, -0.1) is 0 Å². The van der Waals surface area contributed by atoms with Gasteiger partial charge in [-0.05, 0) is 58.4 Å². The number of imidazole rings is 1. The highest BCUT2D eigenvalue weighted by Crippen LogP contribution is 2.27. The van der Waals surface area contributed by atoms with E-state index in [0.29, 0.717) is 5.56 Å². The number of benzene rings is 3. The average molecular weight is 409 g/mol. The van der Waals surface area contributed by atoms with Crippen LogP contribution in [0.25, 0.3) is 22.4 Å². The normalized spacial score (nSPS) is 12.2. The van der Waals surface area contributed by atoms with Crippen LogP contribution in [-0.2, 0) is 10.8 Å². The molecule has 4 aromatic rings. The summed E-state index contributed by atoms with van der Waals surface area (Å²) in [6.07, 6.45) is 2.10. The van der Waals surface area contributed by atoms with Crippen molar-refractivity contribution in [3.63, 3.8) is 0 Å². The van der Waals surface area contributed by atoms with E-state index in [9.17, 15) is 5.26 Å². The molecule has 0 atom stereocenters. The van der Waals surface area contributed by atoms with Gasteiger partial charge >= 0.3 is 0 Å². The van der Waals surface area contributed by atoms with Crippen LogP contribution in [0.2, 0.25) is 0 Å². The number of rotatable bonds is 2. The third kappa shape index (κ3) is 3.86. The van der Waals surface area contributed by atoms with Crippen LogP contribution in [0.15, 0.2) is 73.1 Å². The van der Waals surface area contributed by atoms with Gasteiger partial charge in [0.2, 0.25) is 0 Å². The molecule has 0 aliphatic heterocycles. The van der Waals surface area contributed by atoms with E-state index in [4.69, 9.17) is 0 Å². The van der Waals surface area contributed by atoms with Gasteiger partial charge in [-0.1, -0.05) is 71.9 Å². The second kappa shape index (κ2) is 7.39. The molecule has 0 amide bonds. The Morgan fingerprint density at radius 3 is 2.03 bits per heavy atom. The molecule has 3 nitrogen and oxygen atoms in total. The number of hydrogen-bond donors (Lipinski definition) is 0. The molecule has 0 aliphatic rings. The molecule has 0 N–H and O–H groups in total. The first-order valence-corrected chi connectivity index (χ1v) is 10.8. The van der Waals surface area contributed by atoms with Gasteiger partial charge in [0.05, 0.1) is 0 Å². The molecular weight excluding hydrogens is 378 g/mol. The summed E-state index contributed by atoms with van der Waals surface area (Å²) >= 11 is 0. The second-order valence-corrected chi connectivity index (χ2v) is 10.2. The molecule has 1 heterocycles. The van der Waals surface area contributed by atoms with Gasteiger partial charge in [-0.2, -0.15) is 14.4 Å². The van der Waals surface area contributed by atoms with E-state index in [0.717, 1.165) is 22.4 Å².